The second-order valence-electron chi connectivity index (χ2n) is 4.36. The minimum absolute atomic E-state index is 0.0894. The molecule has 0 spiro atoms. The van der Waals surface area contributed by atoms with Gasteiger partial charge in [0.1, 0.15) is 0 Å². The zero-order chi connectivity index (χ0) is 13.6. The standard InChI is InChI=1S/C14H22N2OS/c1-4-14(5-2,18-3)10-16-13(17)11-8-6-7-9-12(11)15/h6-9H,4-5,10,15H2,1-3H3,(H,16,17). The Kier molecular flexibility index (Phi) is 5.54. The van der Waals surface area contributed by atoms with E-state index in [2.05, 4.69) is 25.4 Å². The van der Waals surface area contributed by atoms with Gasteiger partial charge in [0, 0.05) is 17.0 Å². The van der Waals surface area contributed by atoms with Crippen molar-refractivity contribution in [3.05, 3.63) is 29.8 Å². The number of hydrogen-bond donors (Lipinski definition) is 2. The van der Waals surface area contributed by atoms with Crippen LogP contribution in [0.3, 0.4) is 0 Å². The fourth-order valence-electron chi connectivity index (χ4n) is 1.90. The molecule has 1 aromatic carbocycles. The van der Waals surface area contributed by atoms with Crippen molar-refractivity contribution in [3.8, 4) is 0 Å². The number of para-hydroxylation sites is 1. The highest BCUT2D eigenvalue weighted by molar-refractivity contribution is 8.00. The van der Waals surface area contributed by atoms with E-state index >= 15 is 0 Å². The first-order chi connectivity index (χ1) is 8.58. The number of anilines is 1. The largest absolute Gasteiger partial charge is 0.398 e. The molecule has 0 aliphatic carbocycles. The number of hydrogen-bond acceptors (Lipinski definition) is 3. The first kappa shape index (κ1) is 14.9. The predicted octanol–water partition coefficient (Wildman–Crippen LogP) is 2.92. The molecule has 0 atom stereocenters. The van der Waals surface area contributed by atoms with Crippen LogP contribution in [0.1, 0.15) is 37.0 Å². The van der Waals surface area contributed by atoms with Crippen LogP contribution in [0.15, 0.2) is 24.3 Å². The number of nitrogens with two attached hydrogens (primary N) is 1. The van der Waals surface area contributed by atoms with E-state index in [-0.39, 0.29) is 10.7 Å². The molecule has 3 N–H and O–H groups in total. The van der Waals surface area contributed by atoms with Gasteiger partial charge in [0.25, 0.3) is 5.91 Å². The molecule has 0 heterocycles. The summed E-state index contributed by atoms with van der Waals surface area (Å²) in [7, 11) is 0. The van der Waals surface area contributed by atoms with E-state index in [1.54, 1.807) is 12.1 Å². The molecule has 0 bridgehead atoms. The van der Waals surface area contributed by atoms with E-state index in [1.807, 2.05) is 23.9 Å². The fourth-order valence-corrected chi connectivity index (χ4v) is 2.70. The Morgan fingerprint density at radius 3 is 2.44 bits per heavy atom. The van der Waals surface area contributed by atoms with E-state index in [0.29, 0.717) is 17.8 Å². The average Bonchev–Trinajstić information content (AvgIpc) is 2.41. The van der Waals surface area contributed by atoms with Crippen LogP contribution < -0.4 is 11.1 Å². The van der Waals surface area contributed by atoms with E-state index in [9.17, 15) is 4.79 Å². The first-order valence-electron chi connectivity index (χ1n) is 6.26. The van der Waals surface area contributed by atoms with Crippen molar-refractivity contribution < 1.29 is 4.79 Å². The molecule has 0 radical (unpaired) electrons. The molecule has 1 rings (SSSR count). The van der Waals surface area contributed by atoms with Gasteiger partial charge >= 0.3 is 0 Å². The maximum atomic E-state index is 12.1. The Morgan fingerprint density at radius 2 is 1.94 bits per heavy atom. The van der Waals surface area contributed by atoms with Crippen LogP contribution in [0.25, 0.3) is 0 Å². The molecule has 0 saturated heterocycles. The van der Waals surface area contributed by atoms with Crippen LogP contribution in [0.2, 0.25) is 0 Å². The van der Waals surface area contributed by atoms with Gasteiger partial charge in [0.15, 0.2) is 0 Å². The smallest absolute Gasteiger partial charge is 0.253 e. The molecule has 1 amide bonds. The number of thioether (sulfide) groups is 1. The SMILES string of the molecule is CCC(CC)(CNC(=O)c1ccccc1N)SC. The van der Waals surface area contributed by atoms with Crippen LogP contribution in [-0.4, -0.2) is 23.5 Å². The molecule has 1 aromatic rings. The van der Waals surface area contributed by atoms with Crippen molar-refractivity contribution in [2.24, 2.45) is 0 Å². The van der Waals surface area contributed by atoms with E-state index in [1.165, 1.54) is 0 Å². The third kappa shape index (κ3) is 3.42. The van der Waals surface area contributed by atoms with Gasteiger partial charge in [-0.15, -0.1) is 0 Å². The number of benzene rings is 1. The summed E-state index contributed by atoms with van der Waals surface area (Å²) in [6, 6.07) is 7.16. The van der Waals surface area contributed by atoms with Gasteiger partial charge in [0.05, 0.1) is 5.56 Å². The minimum atomic E-state index is -0.0894. The number of carbonyl (C=O) groups is 1. The third-order valence-electron chi connectivity index (χ3n) is 3.50. The molecule has 0 fully saturated rings. The van der Waals surface area contributed by atoms with Gasteiger partial charge in [-0.2, -0.15) is 11.8 Å². The van der Waals surface area contributed by atoms with Gasteiger partial charge in [-0.3, -0.25) is 4.79 Å². The minimum Gasteiger partial charge on any atom is -0.398 e. The number of nitrogens with one attached hydrogen (secondary N) is 1. The first-order valence-corrected chi connectivity index (χ1v) is 7.49. The summed E-state index contributed by atoms with van der Waals surface area (Å²) in [6.07, 6.45) is 4.17. The summed E-state index contributed by atoms with van der Waals surface area (Å²) in [4.78, 5) is 12.1. The zero-order valence-corrected chi connectivity index (χ0v) is 12.1. The highest BCUT2D eigenvalue weighted by atomic mass is 32.2. The average molecular weight is 266 g/mol. The maximum Gasteiger partial charge on any atom is 0.253 e. The number of carbonyl (C=O) groups excluding carboxylic acids is 1. The second kappa shape index (κ2) is 6.69. The molecular weight excluding hydrogens is 244 g/mol. The molecule has 18 heavy (non-hydrogen) atoms. The lowest BCUT2D eigenvalue weighted by Crippen LogP contribution is -2.39. The summed E-state index contributed by atoms with van der Waals surface area (Å²) in [6.45, 7) is 4.99. The monoisotopic (exact) mass is 266 g/mol. The topological polar surface area (TPSA) is 55.1 Å². The van der Waals surface area contributed by atoms with Crippen molar-refractivity contribution in [1.82, 2.24) is 5.32 Å². The fraction of sp³-hybridized carbons (Fsp3) is 0.500. The Balaban J connectivity index is 2.69. The lowest BCUT2D eigenvalue weighted by atomic mass is 10.0. The molecule has 4 heteroatoms. The van der Waals surface area contributed by atoms with Crippen molar-refractivity contribution in [1.29, 1.82) is 0 Å². The lowest BCUT2D eigenvalue weighted by Gasteiger charge is -2.29. The summed E-state index contributed by atoms with van der Waals surface area (Å²) in [5.74, 6) is -0.0894. The Hall–Kier alpha value is -1.16. The highest BCUT2D eigenvalue weighted by Crippen LogP contribution is 2.29. The number of amides is 1. The van der Waals surface area contributed by atoms with Crippen molar-refractivity contribution >= 4 is 23.4 Å². The summed E-state index contributed by atoms with van der Waals surface area (Å²) in [5.41, 5.74) is 6.87. The third-order valence-corrected chi connectivity index (χ3v) is 5.09. The Labute approximate surface area is 114 Å². The van der Waals surface area contributed by atoms with E-state index in [4.69, 9.17) is 5.73 Å². The molecule has 3 nitrogen and oxygen atoms in total. The van der Waals surface area contributed by atoms with E-state index in [0.717, 1.165) is 12.8 Å². The summed E-state index contributed by atoms with van der Waals surface area (Å²) < 4.78 is 0.124. The predicted molar refractivity (Wildman–Crippen MR) is 80.0 cm³/mol. The molecule has 0 aliphatic rings. The van der Waals surface area contributed by atoms with Gasteiger partial charge < -0.3 is 11.1 Å². The van der Waals surface area contributed by atoms with Crippen LogP contribution in [0.5, 0.6) is 0 Å². The Morgan fingerprint density at radius 1 is 1.33 bits per heavy atom. The van der Waals surface area contributed by atoms with Crippen LogP contribution >= 0.6 is 11.8 Å². The lowest BCUT2D eigenvalue weighted by molar-refractivity contribution is 0.0950. The highest BCUT2D eigenvalue weighted by Gasteiger charge is 2.25. The van der Waals surface area contributed by atoms with Crippen LogP contribution in [0, 0.1) is 0 Å². The van der Waals surface area contributed by atoms with Crippen molar-refractivity contribution in [2.45, 2.75) is 31.4 Å². The normalized spacial score (nSPS) is 11.3. The van der Waals surface area contributed by atoms with Gasteiger partial charge in [-0.25, -0.2) is 0 Å². The summed E-state index contributed by atoms with van der Waals surface area (Å²) >= 11 is 1.81. The van der Waals surface area contributed by atoms with Gasteiger partial charge in [-0.1, -0.05) is 26.0 Å². The second-order valence-corrected chi connectivity index (χ2v) is 5.64. The number of rotatable bonds is 6. The molecule has 0 unspecified atom stereocenters. The molecule has 0 saturated carbocycles. The molecule has 100 valence electrons. The maximum absolute atomic E-state index is 12.1. The summed E-state index contributed by atoms with van der Waals surface area (Å²) in [5, 5.41) is 2.99. The quantitative estimate of drug-likeness (QED) is 0.778. The molecular formula is C14H22N2OS. The van der Waals surface area contributed by atoms with Crippen molar-refractivity contribution in [3.63, 3.8) is 0 Å². The van der Waals surface area contributed by atoms with Crippen LogP contribution in [-0.2, 0) is 0 Å². The number of nitrogen functional groups attached to an aromatic ring is 1. The van der Waals surface area contributed by atoms with Gasteiger partial charge in [-0.05, 0) is 31.2 Å². The van der Waals surface area contributed by atoms with Gasteiger partial charge in [0.2, 0.25) is 0 Å². The molecule has 0 aliphatic heterocycles. The zero-order valence-electron chi connectivity index (χ0n) is 11.3. The van der Waals surface area contributed by atoms with Crippen molar-refractivity contribution in [2.75, 3.05) is 18.5 Å². The Bertz CT molecular complexity index is 394. The molecule has 0 aromatic heterocycles. The van der Waals surface area contributed by atoms with E-state index < -0.39 is 0 Å². The van der Waals surface area contributed by atoms with Crippen LogP contribution in [0.4, 0.5) is 5.69 Å².